The van der Waals surface area contributed by atoms with E-state index in [1.54, 1.807) is 14.2 Å². The minimum absolute atomic E-state index is 0.0911. The van der Waals surface area contributed by atoms with Crippen LogP contribution >= 0.6 is 0 Å². The molecule has 4 aliphatic rings. The molecular weight excluding hydrogens is 310 g/mol. The van der Waals surface area contributed by atoms with Crippen molar-refractivity contribution < 1.29 is 24.1 Å². The summed E-state index contributed by atoms with van der Waals surface area (Å²) in [5, 5.41) is 11.0. The topological polar surface area (TPSA) is 60.4 Å². The molecule has 3 heterocycles. The van der Waals surface area contributed by atoms with Crippen molar-refractivity contribution in [3.63, 3.8) is 0 Å². The molecule has 1 aromatic carbocycles. The molecule has 1 aliphatic carbocycles. The van der Waals surface area contributed by atoms with Crippen LogP contribution < -0.4 is 14.2 Å². The summed E-state index contributed by atoms with van der Waals surface area (Å²) < 4.78 is 22.4. The van der Waals surface area contributed by atoms with Crippen LogP contribution in [0.25, 0.3) is 0 Å². The van der Waals surface area contributed by atoms with Gasteiger partial charge in [-0.1, -0.05) is 12.2 Å². The fraction of sp³-hybridized carbons (Fsp3) is 0.556. The number of benzene rings is 1. The Bertz CT molecular complexity index is 733. The SMILES string of the molecule is COc1c2c(cc3c1OCO3)[C@]13C=C[C@H](OC)CC1N(C2)CC3O. The number of nitrogens with zero attached hydrogens (tertiary/aromatic N) is 1. The maximum Gasteiger partial charge on any atom is 0.231 e. The van der Waals surface area contributed by atoms with E-state index in [-0.39, 0.29) is 18.9 Å². The zero-order valence-corrected chi connectivity index (χ0v) is 13.8. The van der Waals surface area contributed by atoms with Gasteiger partial charge >= 0.3 is 0 Å². The highest BCUT2D eigenvalue weighted by Gasteiger charge is 2.59. The Morgan fingerprint density at radius 3 is 3.00 bits per heavy atom. The first kappa shape index (κ1) is 14.6. The maximum atomic E-state index is 11.0. The minimum Gasteiger partial charge on any atom is -0.492 e. The first-order valence-corrected chi connectivity index (χ1v) is 8.33. The second kappa shape index (κ2) is 4.88. The Kier molecular flexibility index (Phi) is 2.96. The average molecular weight is 331 g/mol. The molecule has 5 rings (SSSR count). The van der Waals surface area contributed by atoms with Crippen molar-refractivity contribution in [3.05, 3.63) is 29.3 Å². The Balaban J connectivity index is 1.76. The van der Waals surface area contributed by atoms with Crippen LogP contribution in [0.15, 0.2) is 18.2 Å². The molecule has 0 spiro atoms. The van der Waals surface area contributed by atoms with Gasteiger partial charge in [-0.3, -0.25) is 4.90 Å². The molecule has 3 unspecified atom stereocenters. The van der Waals surface area contributed by atoms with Gasteiger partial charge in [0.15, 0.2) is 11.5 Å². The van der Waals surface area contributed by atoms with Crippen LogP contribution in [-0.4, -0.2) is 55.8 Å². The number of aliphatic hydroxyl groups is 1. The van der Waals surface area contributed by atoms with Gasteiger partial charge in [0, 0.05) is 31.8 Å². The zero-order valence-electron chi connectivity index (χ0n) is 13.8. The number of fused-ring (bicyclic) bond motifs is 2. The van der Waals surface area contributed by atoms with Crippen LogP contribution in [-0.2, 0) is 16.7 Å². The summed E-state index contributed by atoms with van der Waals surface area (Å²) >= 11 is 0. The number of methoxy groups -OCH3 is 2. The van der Waals surface area contributed by atoms with Crippen molar-refractivity contribution >= 4 is 0 Å². The van der Waals surface area contributed by atoms with Crippen molar-refractivity contribution in [3.8, 4) is 17.2 Å². The number of aliphatic hydroxyl groups excluding tert-OH is 1. The van der Waals surface area contributed by atoms with E-state index in [0.29, 0.717) is 18.0 Å². The van der Waals surface area contributed by atoms with Crippen LogP contribution in [0.5, 0.6) is 17.2 Å². The van der Waals surface area contributed by atoms with Gasteiger partial charge in [-0.15, -0.1) is 0 Å². The number of ether oxygens (including phenoxy) is 4. The molecule has 128 valence electrons. The van der Waals surface area contributed by atoms with Crippen LogP contribution in [0, 0.1) is 0 Å². The van der Waals surface area contributed by atoms with E-state index >= 15 is 0 Å². The molecule has 6 heteroatoms. The largest absolute Gasteiger partial charge is 0.492 e. The first-order chi connectivity index (χ1) is 11.7. The molecule has 1 fully saturated rings. The Labute approximate surface area is 140 Å². The summed E-state index contributed by atoms with van der Waals surface area (Å²) in [7, 11) is 3.39. The molecule has 3 aliphatic heterocycles. The van der Waals surface area contributed by atoms with E-state index < -0.39 is 11.5 Å². The number of hydrogen-bond donors (Lipinski definition) is 1. The Hall–Kier alpha value is -1.76. The van der Waals surface area contributed by atoms with Gasteiger partial charge in [0.05, 0.1) is 24.7 Å². The van der Waals surface area contributed by atoms with Crippen molar-refractivity contribution in [1.29, 1.82) is 0 Å². The summed E-state index contributed by atoms with van der Waals surface area (Å²) in [5.41, 5.74) is 1.76. The molecule has 5 atom stereocenters. The third-order valence-electron chi connectivity index (χ3n) is 6.05. The van der Waals surface area contributed by atoms with Crippen molar-refractivity contribution in [2.24, 2.45) is 0 Å². The van der Waals surface area contributed by atoms with Crippen molar-refractivity contribution in [2.75, 3.05) is 27.6 Å². The summed E-state index contributed by atoms with van der Waals surface area (Å²) in [4.78, 5) is 2.34. The Morgan fingerprint density at radius 1 is 1.33 bits per heavy atom. The lowest BCUT2D eigenvalue weighted by atomic mass is 9.65. The van der Waals surface area contributed by atoms with Crippen LogP contribution in [0.2, 0.25) is 0 Å². The highest BCUT2D eigenvalue weighted by molar-refractivity contribution is 5.65. The van der Waals surface area contributed by atoms with E-state index in [4.69, 9.17) is 18.9 Å². The predicted molar refractivity (Wildman–Crippen MR) is 85.6 cm³/mol. The van der Waals surface area contributed by atoms with E-state index in [1.165, 1.54) is 0 Å². The normalized spacial score (nSPS) is 38.0. The van der Waals surface area contributed by atoms with Gasteiger partial charge in [-0.25, -0.2) is 0 Å². The van der Waals surface area contributed by atoms with Crippen LogP contribution in [0.4, 0.5) is 0 Å². The summed E-state index contributed by atoms with van der Waals surface area (Å²) in [5.74, 6) is 2.11. The summed E-state index contributed by atoms with van der Waals surface area (Å²) in [6.45, 7) is 1.59. The molecular formula is C18H21NO5. The van der Waals surface area contributed by atoms with E-state index in [0.717, 1.165) is 29.8 Å². The maximum absolute atomic E-state index is 11.0. The second-order valence-corrected chi connectivity index (χ2v) is 6.93. The van der Waals surface area contributed by atoms with Crippen molar-refractivity contribution in [1.82, 2.24) is 4.90 Å². The number of rotatable bonds is 2. The molecule has 0 aromatic heterocycles. The van der Waals surface area contributed by atoms with Crippen molar-refractivity contribution in [2.45, 2.75) is 36.6 Å². The Morgan fingerprint density at radius 2 is 2.21 bits per heavy atom. The lowest BCUT2D eigenvalue weighted by molar-refractivity contribution is 0.0655. The predicted octanol–water partition coefficient (Wildman–Crippen LogP) is 1.20. The molecule has 1 saturated heterocycles. The average Bonchev–Trinajstić information content (AvgIpc) is 3.14. The fourth-order valence-corrected chi connectivity index (χ4v) is 4.97. The van der Waals surface area contributed by atoms with Gasteiger partial charge < -0.3 is 24.1 Å². The second-order valence-electron chi connectivity index (χ2n) is 6.93. The van der Waals surface area contributed by atoms with E-state index in [9.17, 15) is 5.11 Å². The van der Waals surface area contributed by atoms with Crippen LogP contribution in [0.1, 0.15) is 17.5 Å². The number of hydrogen-bond acceptors (Lipinski definition) is 6. The highest BCUT2D eigenvalue weighted by atomic mass is 16.7. The smallest absolute Gasteiger partial charge is 0.231 e. The molecule has 0 radical (unpaired) electrons. The lowest BCUT2D eigenvalue weighted by Crippen LogP contribution is -2.52. The lowest BCUT2D eigenvalue weighted by Gasteiger charge is -2.46. The summed E-state index contributed by atoms with van der Waals surface area (Å²) in [6, 6.07) is 2.26. The molecule has 0 amide bonds. The monoisotopic (exact) mass is 331 g/mol. The van der Waals surface area contributed by atoms with Gasteiger partial charge in [0.1, 0.15) is 0 Å². The molecule has 24 heavy (non-hydrogen) atoms. The third-order valence-corrected chi connectivity index (χ3v) is 6.05. The molecule has 1 aromatic rings. The third kappa shape index (κ3) is 1.61. The van der Waals surface area contributed by atoms with Crippen LogP contribution in [0.3, 0.4) is 0 Å². The van der Waals surface area contributed by atoms with Gasteiger partial charge in [0.2, 0.25) is 12.5 Å². The van der Waals surface area contributed by atoms with Gasteiger partial charge in [0.25, 0.3) is 0 Å². The van der Waals surface area contributed by atoms with E-state index in [2.05, 4.69) is 17.1 Å². The van der Waals surface area contributed by atoms with Gasteiger partial charge in [-0.2, -0.15) is 0 Å². The first-order valence-electron chi connectivity index (χ1n) is 8.33. The quantitative estimate of drug-likeness (QED) is 0.822. The molecule has 2 bridgehead atoms. The van der Waals surface area contributed by atoms with Gasteiger partial charge in [-0.05, 0) is 18.1 Å². The minimum atomic E-state index is -0.456. The standard InChI is InChI=1S/C18H21NO5/c1-21-10-3-4-18-12-6-13-17(24-9-23-13)16(22-2)11(12)7-19(8-15(18)20)14(18)5-10/h3-4,6,10,14-15,20H,5,7-9H2,1-2H3/t10-,14?,15?,18+/m0/s1. The molecule has 1 N–H and O–H groups in total. The molecule has 6 nitrogen and oxygen atoms in total. The molecule has 0 saturated carbocycles. The van der Waals surface area contributed by atoms with E-state index in [1.807, 2.05) is 6.07 Å². The fourth-order valence-electron chi connectivity index (χ4n) is 4.97. The highest BCUT2D eigenvalue weighted by Crippen LogP contribution is 2.57. The zero-order chi connectivity index (χ0) is 16.5. The summed E-state index contributed by atoms with van der Waals surface area (Å²) in [6.07, 6.45) is 4.73.